The number of benzene rings is 1. The van der Waals surface area contributed by atoms with Gasteiger partial charge in [-0.2, -0.15) is 5.10 Å². The van der Waals surface area contributed by atoms with E-state index in [2.05, 4.69) is 37.6 Å². The topological polar surface area (TPSA) is 104 Å². The third-order valence-electron chi connectivity index (χ3n) is 4.44. The first-order chi connectivity index (χ1) is 15.1. The molecule has 4 rings (SSSR count). The van der Waals surface area contributed by atoms with E-state index in [0.29, 0.717) is 40.6 Å². The molecule has 3 aromatic heterocycles. The number of hydrogen-bond donors (Lipinski definition) is 2. The van der Waals surface area contributed by atoms with Crippen LogP contribution in [0.3, 0.4) is 0 Å². The van der Waals surface area contributed by atoms with Crippen LogP contribution in [-0.4, -0.2) is 44.4 Å². The lowest BCUT2D eigenvalue weighted by Gasteiger charge is -2.11. The fourth-order valence-electron chi connectivity index (χ4n) is 2.94. The van der Waals surface area contributed by atoms with Crippen molar-refractivity contribution in [1.29, 1.82) is 0 Å². The summed E-state index contributed by atoms with van der Waals surface area (Å²) in [4.78, 5) is 13.0. The lowest BCUT2D eigenvalue weighted by Crippen LogP contribution is -3.00. The molecule has 0 spiro atoms. The van der Waals surface area contributed by atoms with Crippen LogP contribution in [0.15, 0.2) is 49.1 Å². The molecule has 0 radical (unpaired) electrons. The minimum Gasteiger partial charge on any atom is -1.00 e. The van der Waals surface area contributed by atoms with Crippen LogP contribution in [0.1, 0.15) is 6.92 Å². The van der Waals surface area contributed by atoms with Crippen LogP contribution in [0.4, 0.5) is 11.6 Å². The van der Waals surface area contributed by atoms with Gasteiger partial charge in [-0.1, -0.05) is 11.6 Å². The molecule has 32 heavy (non-hydrogen) atoms. The second-order valence-corrected chi connectivity index (χ2v) is 7.20. The van der Waals surface area contributed by atoms with Gasteiger partial charge in [0.15, 0.2) is 5.82 Å². The van der Waals surface area contributed by atoms with Gasteiger partial charge in [-0.3, -0.25) is 4.68 Å². The number of halogens is 2. The number of likely N-dealkylation sites (N-methyl/N-ethyl adjacent to an activating group) is 1. The van der Waals surface area contributed by atoms with Gasteiger partial charge >= 0.3 is 0 Å². The molecule has 0 amide bonds. The van der Waals surface area contributed by atoms with E-state index in [9.17, 15) is 0 Å². The van der Waals surface area contributed by atoms with Crippen molar-refractivity contribution in [2.24, 2.45) is 7.05 Å². The van der Waals surface area contributed by atoms with E-state index < -0.39 is 0 Å². The summed E-state index contributed by atoms with van der Waals surface area (Å²) >= 11 is 6.36. The van der Waals surface area contributed by atoms with Crippen molar-refractivity contribution >= 4 is 34.1 Å². The molecule has 168 valence electrons. The molecular formula is C21H23Cl2N7O2. The number of nitrogens with zero attached hydrogens (tertiary/aromatic N) is 5. The Labute approximate surface area is 196 Å². The summed E-state index contributed by atoms with van der Waals surface area (Å²) in [6, 6.07) is 9.06. The Kier molecular flexibility index (Phi) is 8.04. The summed E-state index contributed by atoms with van der Waals surface area (Å²) in [5.74, 6) is 2.78. The Balaban J connectivity index is 0.00000289. The third kappa shape index (κ3) is 5.76. The molecule has 0 atom stereocenters. The van der Waals surface area contributed by atoms with E-state index in [0.717, 1.165) is 24.0 Å². The number of fused-ring (bicyclic) bond motifs is 1. The van der Waals surface area contributed by atoms with Crippen molar-refractivity contribution in [1.82, 2.24) is 24.7 Å². The minimum atomic E-state index is 0. The predicted molar refractivity (Wildman–Crippen MR) is 118 cm³/mol. The summed E-state index contributed by atoms with van der Waals surface area (Å²) in [6.07, 6.45) is 4.96. The minimum absolute atomic E-state index is 0. The molecule has 11 heteroatoms. The Bertz CT molecular complexity index is 1190. The molecule has 0 aliphatic carbocycles. The third-order valence-corrected chi connectivity index (χ3v) is 4.71. The number of aromatic nitrogens is 5. The Morgan fingerprint density at radius 2 is 2.00 bits per heavy atom. The normalized spacial score (nSPS) is 10.6. The van der Waals surface area contributed by atoms with Crippen molar-refractivity contribution < 1.29 is 27.2 Å². The molecule has 0 saturated carbocycles. The summed E-state index contributed by atoms with van der Waals surface area (Å²) in [5.41, 5.74) is 0.771. The molecule has 3 N–H and O–H groups in total. The zero-order chi connectivity index (χ0) is 21.6. The maximum Gasteiger partial charge on any atom is 0.238 e. The van der Waals surface area contributed by atoms with Crippen LogP contribution >= 0.6 is 11.6 Å². The molecule has 0 bridgehead atoms. The molecule has 0 aliphatic heterocycles. The van der Waals surface area contributed by atoms with E-state index in [4.69, 9.17) is 21.1 Å². The standard InChI is InChI=1S/C21H22ClN7O2.ClH/c1-3-23-7-9-30-15-11-17(22)21(24-12-15)31-14-4-5-18-16(10-14)20(26-13-25-18)27-19-6-8-29(2)28-19;/h4-6,8,10-13,23H,3,7,9H2,1-2H3,(H,25,26,27,28);1H. The Hall–Kier alpha value is -3.14. The van der Waals surface area contributed by atoms with Crippen molar-refractivity contribution in [2.45, 2.75) is 6.92 Å². The van der Waals surface area contributed by atoms with Crippen LogP contribution in [-0.2, 0) is 7.05 Å². The van der Waals surface area contributed by atoms with Gasteiger partial charge in [-0.15, -0.1) is 0 Å². The fraction of sp³-hybridized carbons (Fsp3) is 0.238. The van der Waals surface area contributed by atoms with Gasteiger partial charge in [0.25, 0.3) is 0 Å². The van der Waals surface area contributed by atoms with Crippen LogP contribution in [0, 0.1) is 0 Å². The van der Waals surface area contributed by atoms with Crippen molar-refractivity contribution in [3.8, 4) is 17.4 Å². The highest BCUT2D eigenvalue weighted by molar-refractivity contribution is 6.32. The first kappa shape index (κ1) is 23.5. The van der Waals surface area contributed by atoms with Gasteiger partial charge in [-0.25, -0.2) is 15.0 Å². The predicted octanol–water partition coefficient (Wildman–Crippen LogP) is -0.0863. The number of quaternary nitrogens is 1. The largest absolute Gasteiger partial charge is 1.00 e. The van der Waals surface area contributed by atoms with Crippen LogP contribution < -0.4 is 32.5 Å². The van der Waals surface area contributed by atoms with E-state index in [1.807, 2.05) is 37.5 Å². The average molecular weight is 476 g/mol. The maximum absolute atomic E-state index is 6.36. The molecule has 3 heterocycles. The van der Waals surface area contributed by atoms with Gasteiger partial charge in [-0.05, 0) is 25.1 Å². The fourth-order valence-corrected chi connectivity index (χ4v) is 3.13. The number of hydrogen-bond acceptors (Lipinski definition) is 7. The van der Waals surface area contributed by atoms with Crippen molar-refractivity contribution in [3.63, 3.8) is 0 Å². The van der Waals surface area contributed by atoms with Gasteiger partial charge in [0.2, 0.25) is 5.88 Å². The lowest BCUT2D eigenvalue weighted by atomic mass is 10.2. The Morgan fingerprint density at radius 3 is 2.75 bits per heavy atom. The maximum atomic E-state index is 6.36. The zero-order valence-corrected chi connectivity index (χ0v) is 19.1. The summed E-state index contributed by atoms with van der Waals surface area (Å²) in [7, 11) is 1.85. The molecule has 0 saturated heterocycles. The van der Waals surface area contributed by atoms with E-state index in [-0.39, 0.29) is 12.4 Å². The SMILES string of the molecule is CC[NH2+]CCOc1cnc(Oc2ccc3ncnc(Nc4ccn(C)n4)c3c2)c(Cl)c1.[Cl-]. The Morgan fingerprint density at radius 1 is 1.12 bits per heavy atom. The molecule has 1 aromatic carbocycles. The monoisotopic (exact) mass is 475 g/mol. The van der Waals surface area contributed by atoms with E-state index in [1.165, 1.54) is 6.33 Å². The number of nitrogens with two attached hydrogens (primary N) is 1. The number of aryl methyl sites for hydroxylation is 1. The highest BCUT2D eigenvalue weighted by atomic mass is 35.5. The zero-order valence-electron chi connectivity index (χ0n) is 17.6. The lowest BCUT2D eigenvalue weighted by molar-refractivity contribution is -0.652. The summed E-state index contributed by atoms with van der Waals surface area (Å²) in [6.45, 7) is 4.58. The summed E-state index contributed by atoms with van der Waals surface area (Å²) < 4.78 is 13.3. The second kappa shape index (κ2) is 10.9. The van der Waals surface area contributed by atoms with Crippen molar-refractivity contribution in [2.75, 3.05) is 25.0 Å². The molecule has 0 fully saturated rings. The second-order valence-electron chi connectivity index (χ2n) is 6.79. The van der Waals surface area contributed by atoms with Gasteiger partial charge < -0.3 is 32.5 Å². The first-order valence-corrected chi connectivity index (χ1v) is 10.3. The average Bonchev–Trinajstić information content (AvgIpc) is 3.18. The van der Waals surface area contributed by atoms with E-state index in [1.54, 1.807) is 16.9 Å². The van der Waals surface area contributed by atoms with Crippen molar-refractivity contribution in [3.05, 3.63) is 54.1 Å². The molecule has 0 aliphatic rings. The summed E-state index contributed by atoms with van der Waals surface area (Å²) in [5, 5.41) is 10.8. The number of rotatable bonds is 9. The number of pyridine rings is 1. The number of anilines is 2. The number of ether oxygens (including phenoxy) is 2. The van der Waals surface area contributed by atoms with Gasteiger partial charge in [0, 0.05) is 30.8 Å². The van der Waals surface area contributed by atoms with Crippen LogP contribution in [0.5, 0.6) is 17.4 Å². The highest BCUT2D eigenvalue weighted by Gasteiger charge is 2.11. The van der Waals surface area contributed by atoms with E-state index >= 15 is 0 Å². The molecule has 9 nitrogen and oxygen atoms in total. The molecule has 0 unspecified atom stereocenters. The van der Waals surface area contributed by atoms with Crippen LogP contribution in [0.2, 0.25) is 5.02 Å². The van der Waals surface area contributed by atoms with Gasteiger partial charge in [0.05, 0.1) is 18.3 Å². The van der Waals surface area contributed by atoms with Gasteiger partial charge in [0.1, 0.15) is 41.8 Å². The molecule has 4 aromatic rings. The van der Waals surface area contributed by atoms with Crippen LogP contribution in [0.25, 0.3) is 10.9 Å². The molecular weight excluding hydrogens is 453 g/mol. The highest BCUT2D eigenvalue weighted by Crippen LogP contribution is 2.32. The first-order valence-electron chi connectivity index (χ1n) is 9.91. The smallest absolute Gasteiger partial charge is 0.238 e. The number of nitrogens with one attached hydrogen (secondary N) is 1. The quantitative estimate of drug-likeness (QED) is 0.326.